The highest BCUT2D eigenvalue weighted by molar-refractivity contribution is 5.69. The van der Waals surface area contributed by atoms with Crippen LogP contribution in [0.25, 0.3) is 0 Å². The quantitative estimate of drug-likeness (QED) is 0.414. The highest BCUT2D eigenvalue weighted by atomic mass is 16.6. The number of carbonyl (C=O) groups is 1. The molecule has 0 amide bonds. The zero-order valence-corrected chi connectivity index (χ0v) is 10.5. The summed E-state index contributed by atoms with van der Waals surface area (Å²) in [5.74, 6) is -0.901. The van der Waals surface area contributed by atoms with Crippen molar-refractivity contribution in [3.63, 3.8) is 0 Å². The van der Waals surface area contributed by atoms with E-state index in [0.717, 1.165) is 12.3 Å². The largest absolute Gasteiger partial charge is 0.472 e. The summed E-state index contributed by atoms with van der Waals surface area (Å²) >= 11 is 0. The molecule has 0 aliphatic carbocycles. The van der Waals surface area contributed by atoms with Gasteiger partial charge in [0.2, 0.25) is 0 Å². The van der Waals surface area contributed by atoms with Crippen molar-refractivity contribution in [3.8, 4) is 5.88 Å². The Morgan fingerprint density at radius 3 is 2.60 bits per heavy atom. The second kappa shape index (κ2) is 6.97. The topological polar surface area (TPSA) is 135 Å². The molecule has 1 aromatic heterocycles. The number of pyridine rings is 1. The van der Waals surface area contributed by atoms with Crippen LogP contribution in [-0.4, -0.2) is 34.0 Å². The van der Waals surface area contributed by atoms with E-state index < -0.39 is 27.2 Å². The molecule has 0 aliphatic heterocycles. The zero-order chi connectivity index (χ0) is 15.1. The molecular weight excluding hydrogens is 274 g/mol. The van der Waals surface area contributed by atoms with Gasteiger partial charge in [-0.25, -0.2) is 4.98 Å². The molecule has 0 spiro atoms. The lowest BCUT2D eigenvalue weighted by Crippen LogP contribution is -2.11. The van der Waals surface area contributed by atoms with Gasteiger partial charge in [0.1, 0.15) is 18.9 Å². The third kappa shape index (κ3) is 4.15. The number of hydrogen-bond acceptors (Lipinski definition) is 8. The van der Waals surface area contributed by atoms with Crippen LogP contribution in [0.3, 0.4) is 0 Å². The SMILES string of the molecule is CCOC(=O)CCOc1ncc([N+](=O)[O-])cc1[N+](=O)[O-]. The number of aromatic nitrogens is 1. The Hall–Kier alpha value is -2.78. The maximum atomic E-state index is 11.0. The summed E-state index contributed by atoms with van der Waals surface area (Å²) in [6.07, 6.45) is 0.732. The van der Waals surface area contributed by atoms with E-state index in [2.05, 4.69) is 9.72 Å². The molecule has 0 saturated carbocycles. The molecule has 0 aromatic carbocycles. The van der Waals surface area contributed by atoms with E-state index in [-0.39, 0.29) is 25.5 Å². The van der Waals surface area contributed by atoms with Crippen LogP contribution in [-0.2, 0) is 9.53 Å². The molecule has 0 N–H and O–H groups in total. The number of hydrogen-bond donors (Lipinski definition) is 0. The maximum Gasteiger partial charge on any atom is 0.337 e. The van der Waals surface area contributed by atoms with Gasteiger partial charge in [-0.15, -0.1) is 0 Å². The smallest absolute Gasteiger partial charge is 0.337 e. The first-order valence-corrected chi connectivity index (χ1v) is 5.53. The molecule has 10 heteroatoms. The average Bonchev–Trinajstić information content (AvgIpc) is 2.38. The fourth-order valence-corrected chi connectivity index (χ4v) is 1.24. The second-order valence-corrected chi connectivity index (χ2v) is 3.44. The Kier molecular flexibility index (Phi) is 5.32. The van der Waals surface area contributed by atoms with E-state index in [1.807, 2.05) is 0 Å². The number of esters is 1. The van der Waals surface area contributed by atoms with Crippen molar-refractivity contribution >= 4 is 17.3 Å². The first-order valence-electron chi connectivity index (χ1n) is 5.53. The van der Waals surface area contributed by atoms with Crippen LogP contribution in [0.15, 0.2) is 12.3 Å². The Bertz CT molecular complexity index is 532. The average molecular weight is 285 g/mol. The van der Waals surface area contributed by atoms with Gasteiger partial charge in [0, 0.05) is 0 Å². The Morgan fingerprint density at radius 1 is 1.35 bits per heavy atom. The van der Waals surface area contributed by atoms with Crippen molar-refractivity contribution in [2.75, 3.05) is 13.2 Å². The lowest BCUT2D eigenvalue weighted by molar-refractivity contribution is -0.395. The minimum Gasteiger partial charge on any atom is -0.472 e. The van der Waals surface area contributed by atoms with Crippen molar-refractivity contribution in [1.82, 2.24) is 4.98 Å². The first kappa shape index (κ1) is 15.3. The van der Waals surface area contributed by atoms with Crippen LogP contribution in [0.2, 0.25) is 0 Å². The summed E-state index contributed by atoms with van der Waals surface area (Å²) in [5.41, 5.74) is -1.16. The number of ether oxygens (including phenoxy) is 2. The van der Waals surface area contributed by atoms with Crippen LogP contribution in [0, 0.1) is 20.2 Å². The highest BCUT2D eigenvalue weighted by Gasteiger charge is 2.22. The van der Waals surface area contributed by atoms with Crippen molar-refractivity contribution < 1.29 is 24.1 Å². The van der Waals surface area contributed by atoms with Gasteiger partial charge in [-0.05, 0) is 6.92 Å². The van der Waals surface area contributed by atoms with Crippen LogP contribution in [0.1, 0.15) is 13.3 Å². The molecule has 0 atom stereocenters. The Balaban J connectivity index is 2.77. The van der Waals surface area contributed by atoms with Gasteiger partial charge in [-0.3, -0.25) is 25.0 Å². The van der Waals surface area contributed by atoms with Crippen molar-refractivity contribution in [2.24, 2.45) is 0 Å². The minimum absolute atomic E-state index is 0.107. The van der Waals surface area contributed by atoms with E-state index in [0.29, 0.717) is 0 Å². The zero-order valence-electron chi connectivity index (χ0n) is 10.5. The molecule has 108 valence electrons. The second-order valence-electron chi connectivity index (χ2n) is 3.44. The summed E-state index contributed by atoms with van der Waals surface area (Å²) in [4.78, 5) is 34.2. The van der Waals surface area contributed by atoms with Crippen molar-refractivity contribution in [2.45, 2.75) is 13.3 Å². The summed E-state index contributed by atoms with van der Waals surface area (Å²) < 4.78 is 9.62. The Morgan fingerprint density at radius 2 is 2.05 bits per heavy atom. The van der Waals surface area contributed by atoms with Gasteiger partial charge in [0.05, 0.1) is 22.9 Å². The summed E-state index contributed by atoms with van der Waals surface area (Å²) in [6.45, 7) is 1.68. The molecule has 1 rings (SSSR count). The van der Waals surface area contributed by atoms with E-state index in [4.69, 9.17) is 4.74 Å². The number of nitro groups is 2. The molecular formula is C10H11N3O7. The fourth-order valence-electron chi connectivity index (χ4n) is 1.24. The van der Waals surface area contributed by atoms with Crippen LogP contribution in [0.5, 0.6) is 5.88 Å². The molecule has 0 fully saturated rings. The van der Waals surface area contributed by atoms with E-state index in [1.54, 1.807) is 6.92 Å². The third-order valence-corrected chi connectivity index (χ3v) is 2.08. The Labute approximate surface area is 112 Å². The van der Waals surface area contributed by atoms with Crippen molar-refractivity contribution in [1.29, 1.82) is 0 Å². The third-order valence-electron chi connectivity index (χ3n) is 2.08. The van der Waals surface area contributed by atoms with Crippen LogP contribution >= 0.6 is 0 Å². The van der Waals surface area contributed by atoms with Gasteiger partial charge in [0.15, 0.2) is 0 Å². The predicted octanol–water partition coefficient (Wildman–Crippen LogP) is 1.23. The molecule has 0 aliphatic rings. The molecule has 1 heterocycles. The molecule has 20 heavy (non-hydrogen) atoms. The van der Waals surface area contributed by atoms with Gasteiger partial charge in [-0.1, -0.05) is 0 Å². The lowest BCUT2D eigenvalue weighted by atomic mass is 10.3. The molecule has 0 saturated heterocycles. The minimum atomic E-state index is -0.848. The summed E-state index contributed by atoms with van der Waals surface area (Å²) in [6, 6.07) is 0.743. The molecule has 10 nitrogen and oxygen atoms in total. The molecule has 0 unspecified atom stereocenters. The summed E-state index contributed by atoms with van der Waals surface area (Å²) in [5, 5.41) is 21.3. The van der Waals surface area contributed by atoms with E-state index >= 15 is 0 Å². The lowest BCUT2D eigenvalue weighted by Gasteiger charge is -2.05. The number of nitrogens with zero attached hydrogens (tertiary/aromatic N) is 3. The monoisotopic (exact) mass is 285 g/mol. The number of carbonyl (C=O) groups excluding carboxylic acids is 1. The van der Waals surface area contributed by atoms with Gasteiger partial charge in [-0.2, -0.15) is 0 Å². The van der Waals surface area contributed by atoms with E-state index in [1.165, 1.54) is 0 Å². The van der Waals surface area contributed by atoms with Gasteiger partial charge < -0.3 is 9.47 Å². The number of rotatable bonds is 7. The van der Waals surface area contributed by atoms with Crippen molar-refractivity contribution in [3.05, 3.63) is 32.5 Å². The normalized spacial score (nSPS) is 9.85. The predicted molar refractivity (Wildman–Crippen MR) is 64.3 cm³/mol. The highest BCUT2D eigenvalue weighted by Crippen LogP contribution is 2.28. The maximum absolute atomic E-state index is 11.0. The molecule has 1 aromatic rings. The standard InChI is InChI=1S/C10H11N3O7/c1-2-19-9(14)3-4-20-10-8(13(17)18)5-7(6-11-10)12(15)16/h5-6H,2-4H2,1H3. The van der Waals surface area contributed by atoms with Gasteiger partial charge >= 0.3 is 11.7 Å². The van der Waals surface area contributed by atoms with Crippen LogP contribution < -0.4 is 4.74 Å². The summed E-state index contributed by atoms with van der Waals surface area (Å²) in [7, 11) is 0. The van der Waals surface area contributed by atoms with E-state index in [9.17, 15) is 25.0 Å². The first-order chi connectivity index (χ1) is 9.45. The van der Waals surface area contributed by atoms with Gasteiger partial charge in [0.25, 0.3) is 11.6 Å². The molecule has 0 radical (unpaired) electrons. The van der Waals surface area contributed by atoms with Crippen LogP contribution in [0.4, 0.5) is 11.4 Å². The fraction of sp³-hybridized carbons (Fsp3) is 0.400. The molecule has 0 bridgehead atoms.